The molecule has 7 heavy (non-hydrogen) atoms. The average molecular weight is 138 g/mol. The van der Waals surface area contributed by atoms with Crippen LogP contribution in [0.5, 0.6) is 0 Å². The van der Waals surface area contributed by atoms with Crippen LogP contribution in [0.1, 0.15) is 0 Å². The van der Waals surface area contributed by atoms with Gasteiger partial charge in [-0.15, -0.1) is 11.8 Å². The van der Waals surface area contributed by atoms with Gasteiger partial charge in [0.25, 0.3) is 0 Å². The average Bonchev–Trinajstić information content (AvgIpc) is 1.69. The molecule has 0 rings (SSSR count). The first kappa shape index (κ1) is 7.66. The van der Waals surface area contributed by atoms with E-state index >= 15 is 0 Å². The van der Waals surface area contributed by atoms with E-state index in [1.54, 1.807) is 18.9 Å². The van der Waals surface area contributed by atoms with Gasteiger partial charge < -0.3 is 4.74 Å². The topological polar surface area (TPSA) is 9.23 Å². The Bertz CT molecular complexity index is 28.9. The molecule has 0 N–H and O–H groups in total. The molecular formula is C4H10OS2. The van der Waals surface area contributed by atoms with Gasteiger partial charge in [0.05, 0.1) is 5.94 Å². The van der Waals surface area contributed by atoms with Crippen LogP contribution in [0, 0.1) is 0 Å². The van der Waals surface area contributed by atoms with E-state index in [9.17, 15) is 0 Å². The lowest BCUT2D eigenvalue weighted by atomic mass is 11.5. The first-order valence-electron chi connectivity index (χ1n) is 1.97. The molecule has 0 fully saturated rings. The molecule has 0 aliphatic rings. The van der Waals surface area contributed by atoms with Crippen molar-refractivity contribution >= 4 is 23.5 Å². The summed E-state index contributed by atoms with van der Waals surface area (Å²) < 4.78 is 4.79. The van der Waals surface area contributed by atoms with Gasteiger partial charge in [0, 0.05) is 12.2 Å². The standard InChI is InChI=1S/C4H10OS2/c1-5-3-7-4-6-2/h3-4H2,1-2H3. The first-order chi connectivity index (χ1) is 3.41. The fraction of sp³-hybridized carbons (Fsp3) is 1.00. The zero-order valence-corrected chi connectivity index (χ0v) is 6.27. The quantitative estimate of drug-likeness (QED) is 0.432. The molecule has 0 bridgehead atoms. The van der Waals surface area contributed by atoms with E-state index in [4.69, 9.17) is 4.74 Å². The lowest BCUT2D eigenvalue weighted by Gasteiger charge is -1.92. The molecule has 0 saturated heterocycles. The van der Waals surface area contributed by atoms with Crippen LogP contribution in [-0.4, -0.2) is 24.4 Å². The maximum absolute atomic E-state index is 4.79. The highest BCUT2D eigenvalue weighted by atomic mass is 32.2. The molecule has 0 aromatic heterocycles. The van der Waals surface area contributed by atoms with Crippen molar-refractivity contribution in [3.8, 4) is 0 Å². The van der Waals surface area contributed by atoms with Gasteiger partial charge in [-0.1, -0.05) is 0 Å². The van der Waals surface area contributed by atoms with Crippen LogP contribution in [0.3, 0.4) is 0 Å². The number of hydrogen-bond donors (Lipinski definition) is 0. The Morgan fingerprint density at radius 1 is 1.57 bits per heavy atom. The Labute approximate surface area is 53.2 Å². The highest BCUT2D eigenvalue weighted by Crippen LogP contribution is 2.06. The van der Waals surface area contributed by atoms with Crippen LogP contribution in [0.4, 0.5) is 0 Å². The molecule has 0 radical (unpaired) electrons. The molecule has 0 amide bonds. The minimum absolute atomic E-state index is 0.820. The number of rotatable bonds is 4. The molecule has 0 aromatic rings. The molecule has 0 aromatic carbocycles. The maximum Gasteiger partial charge on any atom is 0.0925 e. The van der Waals surface area contributed by atoms with Crippen molar-refractivity contribution in [1.82, 2.24) is 0 Å². The van der Waals surface area contributed by atoms with Gasteiger partial charge >= 0.3 is 0 Å². The molecule has 0 atom stereocenters. The van der Waals surface area contributed by atoms with Crippen molar-refractivity contribution in [2.45, 2.75) is 0 Å². The molecule has 0 spiro atoms. The molecule has 0 saturated carbocycles. The van der Waals surface area contributed by atoms with E-state index < -0.39 is 0 Å². The maximum atomic E-state index is 4.79. The van der Waals surface area contributed by atoms with E-state index in [1.807, 2.05) is 11.8 Å². The molecule has 0 aliphatic carbocycles. The van der Waals surface area contributed by atoms with Gasteiger partial charge in [0.1, 0.15) is 0 Å². The predicted molar refractivity (Wildman–Crippen MR) is 37.8 cm³/mol. The number of hydrogen-bond acceptors (Lipinski definition) is 3. The largest absolute Gasteiger partial charge is 0.374 e. The minimum atomic E-state index is 0.820. The summed E-state index contributed by atoms with van der Waals surface area (Å²) in [6.07, 6.45) is 2.09. The predicted octanol–water partition coefficient (Wildman–Crippen LogP) is 1.64. The molecule has 0 heterocycles. The van der Waals surface area contributed by atoms with Crippen molar-refractivity contribution < 1.29 is 4.74 Å². The third-order valence-electron chi connectivity index (χ3n) is 0.402. The van der Waals surface area contributed by atoms with Gasteiger partial charge in [0.15, 0.2) is 0 Å². The molecule has 44 valence electrons. The van der Waals surface area contributed by atoms with Gasteiger partial charge in [-0.25, -0.2) is 0 Å². The van der Waals surface area contributed by atoms with Crippen LogP contribution in [0.2, 0.25) is 0 Å². The zero-order valence-electron chi connectivity index (χ0n) is 4.64. The zero-order chi connectivity index (χ0) is 5.54. The van der Waals surface area contributed by atoms with Gasteiger partial charge in [-0.2, -0.15) is 11.8 Å². The fourth-order valence-electron chi connectivity index (χ4n) is 0.201. The number of thioether (sulfide) groups is 2. The Balaban J connectivity index is 2.45. The molecule has 3 heteroatoms. The van der Waals surface area contributed by atoms with Crippen molar-refractivity contribution in [2.24, 2.45) is 0 Å². The minimum Gasteiger partial charge on any atom is -0.374 e. The third kappa shape index (κ3) is 6.66. The van der Waals surface area contributed by atoms with E-state index in [2.05, 4.69) is 6.26 Å². The van der Waals surface area contributed by atoms with Gasteiger partial charge in [-0.05, 0) is 6.26 Å². The Morgan fingerprint density at radius 2 is 2.29 bits per heavy atom. The van der Waals surface area contributed by atoms with Crippen molar-refractivity contribution in [3.63, 3.8) is 0 Å². The Hall–Kier alpha value is 0.660. The van der Waals surface area contributed by atoms with E-state index in [1.165, 1.54) is 0 Å². The lowest BCUT2D eigenvalue weighted by molar-refractivity contribution is 0.259. The van der Waals surface area contributed by atoms with E-state index in [-0.39, 0.29) is 0 Å². The molecular weight excluding hydrogens is 128 g/mol. The monoisotopic (exact) mass is 138 g/mol. The molecule has 1 nitrogen and oxygen atoms in total. The van der Waals surface area contributed by atoms with Crippen molar-refractivity contribution in [1.29, 1.82) is 0 Å². The second kappa shape index (κ2) is 6.66. The SMILES string of the molecule is COCSCSC. The third-order valence-corrected chi connectivity index (χ3v) is 2.41. The summed E-state index contributed by atoms with van der Waals surface area (Å²) >= 11 is 3.62. The first-order valence-corrected chi connectivity index (χ1v) is 4.52. The van der Waals surface area contributed by atoms with Crippen LogP contribution < -0.4 is 0 Å². The summed E-state index contributed by atoms with van der Waals surface area (Å²) in [6, 6.07) is 0. The van der Waals surface area contributed by atoms with Crippen LogP contribution in [-0.2, 0) is 4.74 Å². The second-order valence-electron chi connectivity index (χ2n) is 1.02. The van der Waals surface area contributed by atoms with Gasteiger partial charge in [-0.3, -0.25) is 0 Å². The smallest absolute Gasteiger partial charge is 0.0925 e. The summed E-state index contributed by atoms with van der Waals surface area (Å²) in [5.41, 5.74) is 0. The van der Waals surface area contributed by atoms with Crippen LogP contribution in [0.25, 0.3) is 0 Å². The fourth-order valence-corrected chi connectivity index (χ4v) is 1.31. The number of methoxy groups -OCH3 is 1. The summed E-state index contributed by atoms with van der Waals surface area (Å²) in [5, 5.41) is 1.13. The highest BCUT2D eigenvalue weighted by molar-refractivity contribution is 8.15. The normalized spacial score (nSPS) is 9.43. The summed E-state index contributed by atoms with van der Waals surface area (Å²) in [7, 11) is 1.72. The van der Waals surface area contributed by atoms with Crippen LogP contribution >= 0.6 is 23.5 Å². The lowest BCUT2D eigenvalue weighted by Crippen LogP contribution is -1.79. The van der Waals surface area contributed by atoms with Gasteiger partial charge in [0.2, 0.25) is 0 Å². The summed E-state index contributed by atoms with van der Waals surface area (Å²) in [6.45, 7) is 0. The van der Waals surface area contributed by atoms with Crippen molar-refractivity contribution in [3.05, 3.63) is 0 Å². The van der Waals surface area contributed by atoms with Crippen molar-refractivity contribution in [2.75, 3.05) is 24.4 Å². The van der Waals surface area contributed by atoms with E-state index in [0.29, 0.717) is 0 Å². The molecule has 0 unspecified atom stereocenters. The highest BCUT2D eigenvalue weighted by Gasteiger charge is 1.79. The summed E-state index contributed by atoms with van der Waals surface area (Å²) in [5.74, 6) is 0.820. The summed E-state index contributed by atoms with van der Waals surface area (Å²) in [4.78, 5) is 0. The number of ether oxygens (including phenoxy) is 1. The van der Waals surface area contributed by atoms with E-state index in [0.717, 1.165) is 11.0 Å². The van der Waals surface area contributed by atoms with Crippen LogP contribution in [0.15, 0.2) is 0 Å². The Morgan fingerprint density at radius 3 is 2.71 bits per heavy atom. The second-order valence-corrected chi connectivity index (χ2v) is 3.18. The Kier molecular flexibility index (Phi) is 7.29. The molecule has 0 aliphatic heterocycles.